The minimum absolute atomic E-state index is 0.156. The lowest BCUT2D eigenvalue weighted by molar-refractivity contribution is 0.228. The Balaban J connectivity index is 2.29. The van der Waals surface area contributed by atoms with Crippen molar-refractivity contribution >= 4 is 37.6 Å². The van der Waals surface area contributed by atoms with Gasteiger partial charge in [-0.25, -0.2) is 8.42 Å². The van der Waals surface area contributed by atoms with Crippen LogP contribution in [0.2, 0.25) is 5.02 Å². The van der Waals surface area contributed by atoms with Gasteiger partial charge in [0, 0.05) is 22.9 Å². The van der Waals surface area contributed by atoms with Gasteiger partial charge in [0.25, 0.3) is 0 Å². The maximum absolute atomic E-state index is 12.5. The molecule has 0 atom stereocenters. The summed E-state index contributed by atoms with van der Waals surface area (Å²) < 4.78 is 26.7. The van der Waals surface area contributed by atoms with E-state index in [9.17, 15) is 8.42 Å². The van der Waals surface area contributed by atoms with Gasteiger partial charge in [0.15, 0.2) is 0 Å². The second-order valence-electron chi connectivity index (χ2n) is 4.34. The van der Waals surface area contributed by atoms with Gasteiger partial charge in [-0.15, -0.1) is 0 Å². The number of halogens is 2. The molecule has 0 saturated heterocycles. The molecule has 100 valence electrons. The summed E-state index contributed by atoms with van der Waals surface area (Å²) in [6.45, 7) is 0.510. The third kappa shape index (κ3) is 2.90. The van der Waals surface area contributed by atoms with E-state index in [4.69, 9.17) is 11.6 Å². The number of nitrogens with zero attached hydrogens (tertiary/aromatic N) is 1. The Morgan fingerprint density at radius 2 is 1.89 bits per heavy atom. The molecule has 0 unspecified atom stereocenters. The Bertz CT molecular complexity index is 499. The Morgan fingerprint density at radius 3 is 2.33 bits per heavy atom. The van der Waals surface area contributed by atoms with Crippen LogP contribution in [-0.2, 0) is 10.0 Å². The molecule has 0 bridgehead atoms. The molecule has 6 heteroatoms. The highest BCUT2D eigenvalue weighted by Gasteiger charge is 2.34. The number of benzene rings is 1. The average molecular weight is 353 g/mol. The van der Waals surface area contributed by atoms with Gasteiger partial charge in [0.1, 0.15) is 0 Å². The molecule has 2 rings (SSSR count). The fraction of sp³-hybridized carbons (Fsp3) is 0.500. The smallest absolute Gasteiger partial charge is 0.207 e. The summed E-state index contributed by atoms with van der Waals surface area (Å²) in [7, 11) is -3.40. The fourth-order valence-electron chi connectivity index (χ4n) is 2.00. The Morgan fingerprint density at radius 1 is 1.28 bits per heavy atom. The van der Waals surface area contributed by atoms with Crippen molar-refractivity contribution in [3.05, 3.63) is 29.3 Å². The standard InChI is InChI=1S/C12H15BrClNO2S/c13-8-9-15(11-2-1-3-11)18(16,17)12-6-4-10(14)5-7-12/h4-7,11H,1-3,8-9H2. The normalized spacial score (nSPS) is 16.8. The van der Waals surface area contributed by atoms with Gasteiger partial charge in [0.05, 0.1) is 4.90 Å². The van der Waals surface area contributed by atoms with E-state index in [1.165, 1.54) is 0 Å². The quantitative estimate of drug-likeness (QED) is 0.763. The van der Waals surface area contributed by atoms with E-state index in [-0.39, 0.29) is 6.04 Å². The monoisotopic (exact) mass is 351 g/mol. The van der Waals surface area contributed by atoms with Crippen LogP contribution in [0, 0.1) is 0 Å². The molecule has 0 aliphatic heterocycles. The molecule has 0 amide bonds. The van der Waals surface area contributed by atoms with Crippen LogP contribution in [0.5, 0.6) is 0 Å². The van der Waals surface area contributed by atoms with Gasteiger partial charge in [-0.3, -0.25) is 0 Å². The van der Waals surface area contributed by atoms with E-state index >= 15 is 0 Å². The van der Waals surface area contributed by atoms with Crippen LogP contribution in [-0.4, -0.2) is 30.6 Å². The first-order valence-corrected chi connectivity index (χ1v) is 8.83. The van der Waals surface area contributed by atoms with Gasteiger partial charge in [0.2, 0.25) is 10.0 Å². The largest absolute Gasteiger partial charge is 0.243 e. The Hall–Kier alpha value is -0.100. The molecule has 18 heavy (non-hydrogen) atoms. The average Bonchev–Trinajstić information content (AvgIpc) is 2.26. The van der Waals surface area contributed by atoms with Crippen molar-refractivity contribution in [2.75, 3.05) is 11.9 Å². The van der Waals surface area contributed by atoms with Crippen LogP contribution in [0.3, 0.4) is 0 Å². The first-order chi connectivity index (χ1) is 8.55. The molecule has 0 spiro atoms. The van der Waals surface area contributed by atoms with E-state index in [0.717, 1.165) is 19.3 Å². The van der Waals surface area contributed by atoms with Crippen LogP contribution in [0.4, 0.5) is 0 Å². The summed E-state index contributed by atoms with van der Waals surface area (Å²) in [6.07, 6.45) is 3.03. The van der Waals surface area contributed by atoms with Crippen molar-refractivity contribution in [1.29, 1.82) is 0 Å². The summed E-state index contributed by atoms with van der Waals surface area (Å²) in [5, 5.41) is 1.20. The van der Waals surface area contributed by atoms with Crippen molar-refractivity contribution in [2.24, 2.45) is 0 Å². The number of sulfonamides is 1. The van der Waals surface area contributed by atoms with Gasteiger partial charge >= 0.3 is 0 Å². The van der Waals surface area contributed by atoms with E-state index in [1.54, 1.807) is 28.6 Å². The molecule has 0 N–H and O–H groups in total. The number of rotatable bonds is 5. The van der Waals surface area contributed by atoms with Crippen molar-refractivity contribution < 1.29 is 8.42 Å². The zero-order valence-corrected chi connectivity index (χ0v) is 13.0. The second-order valence-corrected chi connectivity index (χ2v) is 7.46. The van der Waals surface area contributed by atoms with Crippen LogP contribution < -0.4 is 0 Å². The summed E-state index contributed by atoms with van der Waals surface area (Å²) in [4.78, 5) is 0.319. The highest BCUT2D eigenvalue weighted by Crippen LogP contribution is 2.30. The van der Waals surface area contributed by atoms with E-state index in [0.29, 0.717) is 21.8 Å². The minimum Gasteiger partial charge on any atom is -0.207 e. The third-order valence-electron chi connectivity index (χ3n) is 3.21. The van der Waals surface area contributed by atoms with Gasteiger partial charge in [-0.05, 0) is 37.1 Å². The van der Waals surface area contributed by atoms with Gasteiger partial charge in [-0.1, -0.05) is 34.0 Å². The number of alkyl halides is 1. The molecule has 1 saturated carbocycles. The molecule has 0 radical (unpaired) electrons. The molecular formula is C12H15BrClNO2S. The molecule has 1 aliphatic carbocycles. The number of hydrogen-bond donors (Lipinski definition) is 0. The van der Waals surface area contributed by atoms with Gasteiger partial charge in [-0.2, -0.15) is 4.31 Å². The maximum Gasteiger partial charge on any atom is 0.243 e. The predicted octanol–water partition coefficient (Wildman–Crippen LogP) is 3.28. The maximum atomic E-state index is 12.5. The zero-order chi connectivity index (χ0) is 13.2. The minimum atomic E-state index is -3.40. The fourth-order valence-corrected chi connectivity index (χ4v) is 4.43. The van der Waals surface area contributed by atoms with Crippen molar-refractivity contribution in [2.45, 2.75) is 30.2 Å². The third-order valence-corrected chi connectivity index (χ3v) is 5.78. The Kier molecular flexibility index (Phi) is 4.69. The van der Waals surface area contributed by atoms with Crippen LogP contribution in [0.15, 0.2) is 29.2 Å². The predicted molar refractivity (Wildman–Crippen MR) is 76.8 cm³/mol. The van der Waals surface area contributed by atoms with Gasteiger partial charge < -0.3 is 0 Å². The highest BCUT2D eigenvalue weighted by molar-refractivity contribution is 9.09. The van der Waals surface area contributed by atoms with Crippen molar-refractivity contribution in [3.63, 3.8) is 0 Å². The molecule has 1 aromatic carbocycles. The molecule has 0 heterocycles. The summed E-state index contributed by atoms with van der Waals surface area (Å²) in [5.41, 5.74) is 0. The Labute approximate surface area is 121 Å². The lowest BCUT2D eigenvalue weighted by atomic mass is 9.93. The first-order valence-electron chi connectivity index (χ1n) is 5.89. The van der Waals surface area contributed by atoms with E-state index in [2.05, 4.69) is 15.9 Å². The molecule has 0 aromatic heterocycles. The molecule has 1 fully saturated rings. The molecular weight excluding hydrogens is 338 g/mol. The zero-order valence-electron chi connectivity index (χ0n) is 9.85. The van der Waals surface area contributed by atoms with Crippen molar-refractivity contribution in [1.82, 2.24) is 4.31 Å². The van der Waals surface area contributed by atoms with E-state index in [1.807, 2.05) is 0 Å². The molecule has 3 nitrogen and oxygen atoms in total. The molecule has 1 aromatic rings. The first kappa shape index (κ1) is 14.3. The SMILES string of the molecule is O=S(=O)(c1ccc(Cl)cc1)N(CCBr)C1CCC1. The summed E-state index contributed by atoms with van der Waals surface area (Å²) in [5.74, 6) is 0. The lowest BCUT2D eigenvalue weighted by Crippen LogP contribution is -2.45. The second kappa shape index (κ2) is 5.90. The summed E-state index contributed by atoms with van der Waals surface area (Å²) in [6, 6.07) is 6.52. The molecule has 1 aliphatic rings. The van der Waals surface area contributed by atoms with E-state index < -0.39 is 10.0 Å². The van der Waals surface area contributed by atoms with Crippen LogP contribution >= 0.6 is 27.5 Å². The van der Waals surface area contributed by atoms with Crippen LogP contribution in [0.1, 0.15) is 19.3 Å². The summed E-state index contributed by atoms with van der Waals surface area (Å²) >= 11 is 9.11. The number of hydrogen-bond acceptors (Lipinski definition) is 2. The lowest BCUT2D eigenvalue weighted by Gasteiger charge is -2.36. The highest BCUT2D eigenvalue weighted by atomic mass is 79.9. The van der Waals surface area contributed by atoms with Crippen molar-refractivity contribution in [3.8, 4) is 0 Å². The topological polar surface area (TPSA) is 37.4 Å². The van der Waals surface area contributed by atoms with Crippen LogP contribution in [0.25, 0.3) is 0 Å².